The summed E-state index contributed by atoms with van der Waals surface area (Å²) in [4.78, 5) is 69.5. The van der Waals surface area contributed by atoms with E-state index in [9.17, 15) is 24.0 Å². The molecule has 4 atom stereocenters. The molecule has 1 aliphatic heterocycles. The van der Waals surface area contributed by atoms with E-state index in [1.165, 1.54) is 28.6 Å². The third-order valence-electron chi connectivity index (χ3n) is 7.54. The van der Waals surface area contributed by atoms with Crippen LogP contribution in [0.4, 0.5) is 4.79 Å². The van der Waals surface area contributed by atoms with Crippen LogP contribution in [0.1, 0.15) is 42.8 Å². The fourth-order valence-corrected chi connectivity index (χ4v) is 6.32. The van der Waals surface area contributed by atoms with Crippen molar-refractivity contribution in [3.05, 3.63) is 108 Å². The maximum Gasteiger partial charge on any atom is 0.410 e. The lowest BCUT2D eigenvalue weighted by Crippen LogP contribution is -2.56. The minimum absolute atomic E-state index is 0.0268. The van der Waals surface area contributed by atoms with Crippen LogP contribution in [0.25, 0.3) is 0 Å². The highest BCUT2D eigenvalue weighted by atomic mass is 32.2. The molecule has 3 aromatic carbocycles. The number of nitrogens with one attached hydrogen (secondary N) is 1. The molecule has 1 saturated heterocycles. The number of likely N-dealkylation sites (N-methyl/N-ethyl adjacent to an activating group) is 1. The summed E-state index contributed by atoms with van der Waals surface area (Å²) >= 11 is 1.44. The summed E-state index contributed by atoms with van der Waals surface area (Å²) in [5.41, 5.74) is 2.33. The molecule has 0 bridgehead atoms. The van der Waals surface area contributed by atoms with E-state index in [1.807, 2.05) is 66.7 Å². The smallest absolute Gasteiger partial charge is 0.410 e. The van der Waals surface area contributed by atoms with Gasteiger partial charge < -0.3 is 19.7 Å². The molecule has 0 saturated carbocycles. The number of Topliss-reactive ketones (excluding diaryl/α,β-unsaturated/α-hetero) is 1. The van der Waals surface area contributed by atoms with Crippen LogP contribution in [-0.2, 0) is 41.7 Å². The van der Waals surface area contributed by atoms with E-state index >= 15 is 0 Å². The number of benzene rings is 3. The van der Waals surface area contributed by atoms with E-state index in [2.05, 4.69) is 5.32 Å². The van der Waals surface area contributed by atoms with Gasteiger partial charge in [0.2, 0.25) is 11.8 Å². The normalized spacial score (nSPS) is 17.1. The number of hydrogen-bond donors (Lipinski definition) is 1. The Morgan fingerprint density at radius 1 is 0.870 bits per heavy atom. The summed E-state index contributed by atoms with van der Waals surface area (Å²) in [5.74, 6) is -4.24. The van der Waals surface area contributed by atoms with Crippen molar-refractivity contribution in [1.29, 1.82) is 0 Å². The summed E-state index contributed by atoms with van der Waals surface area (Å²) in [6.45, 7) is 4.89. The van der Waals surface area contributed by atoms with Crippen molar-refractivity contribution in [3.8, 4) is 0 Å². The molecule has 1 heterocycles. The van der Waals surface area contributed by atoms with Gasteiger partial charge in [0.1, 0.15) is 30.1 Å². The van der Waals surface area contributed by atoms with Crippen LogP contribution in [0.3, 0.4) is 0 Å². The molecule has 1 aliphatic rings. The SMILES string of the molecule is CC(C)OC(=O)C(=O)[C@H](Cc1ccccc1)C(=O)N[C@H]1CS[C@H](c2ccccc2)N1C(=O)[C@H](C)N(C)C(=O)OCc1ccccc1. The van der Waals surface area contributed by atoms with Crippen molar-refractivity contribution < 1.29 is 33.4 Å². The molecule has 11 heteroatoms. The van der Waals surface area contributed by atoms with Crippen LogP contribution in [-0.4, -0.2) is 70.6 Å². The molecule has 0 spiro atoms. The van der Waals surface area contributed by atoms with E-state index in [0.717, 1.165) is 11.1 Å². The highest BCUT2D eigenvalue weighted by Crippen LogP contribution is 2.41. The topological polar surface area (TPSA) is 122 Å². The monoisotopic (exact) mass is 645 g/mol. The second-order valence-corrected chi connectivity index (χ2v) is 12.4. The van der Waals surface area contributed by atoms with E-state index in [4.69, 9.17) is 9.47 Å². The van der Waals surface area contributed by atoms with Crippen molar-refractivity contribution in [3.63, 3.8) is 0 Å². The number of hydrogen-bond acceptors (Lipinski definition) is 8. The van der Waals surface area contributed by atoms with Crippen LogP contribution in [0.15, 0.2) is 91.0 Å². The first-order valence-electron chi connectivity index (χ1n) is 15.1. The quantitative estimate of drug-likeness (QED) is 0.170. The summed E-state index contributed by atoms with van der Waals surface area (Å²) in [5, 5.41) is 2.39. The number of thioether (sulfide) groups is 1. The van der Waals surface area contributed by atoms with Gasteiger partial charge in [-0.2, -0.15) is 0 Å². The van der Waals surface area contributed by atoms with Crippen molar-refractivity contribution in [1.82, 2.24) is 15.1 Å². The van der Waals surface area contributed by atoms with Crippen LogP contribution in [0, 0.1) is 5.92 Å². The van der Waals surface area contributed by atoms with Gasteiger partial charge in [-0.1, -0.05) is 91.0 Å². The lowest BCUT2D eigenvalue weighted by molar-refractivity contribution is -0.160. The minimum Gasteiger partial charge on any atom is -0.457 e. The Hall–Kier alpha value is -4.64. The van der Waals surface area contributed by atoms with Gasteiger partial charge in [-0.25, -0.2) is 9.59 Å². The van der Waals surface area contributed by atoms with Crippen molar-refractivity contribution >= 4 is 41.4 Å². The average molecular weight is 646 g/mol. The number of amides is 3. The number of esters is 1. The van der Waals surface area contributed by atoms with Gasteiger partial charge in [-0.15, -0.1) is 11.8 Å². The molecule has 4 rings (SSSR count). The molecule has 3 aromatic rings. The Morgan fingerprint density at radius 3 is 2.02 bits per heavy atom. The van der Waals surface area contributed by atoms with E-state index in [-0.39, 0.29) is 13.0 Å². The largest absolute Gasteiger partial charge is 0.457 e. The fraction of sp³-hybridized carbons (Fsp3) is 0.343. The Bertz CT molecular complexity index is 1500. The first-order chi connectivity index (χ1) is 22.1. The zero-order valence-corrected chi connectivity index (χ0v) is 27.1. The molecule has 3 amide bonds. The predicted octanol–water partition coefficient (Wildman–Crippen LogP) is 4.74. The van der Waals surface area contributed by atoms with E-state index in [0.29, 0.717) is 11.3 Å². The first kappa shape index (κ1) is 34.2. The Balaban J connectivity index is 1.56. The summed E-state index contributed by atoms with van der Waals surface area (Å²) in [6, 6.07) is 26.5. The molecular weight excluding hydrogens is 606 g/mol. The third-order valence-corrected chi connectivity index (χ3v) is 8.86. The average Bonchev–Trinajstić information content (AvgIpc) is 3.48. The van der Waals surface area contributed by atoms with Crippen molar-refractivity contribution in [2.45, 2.75) is 57.5 Å². The Kier molecular flexibility index (Phi) is 12.0. The highest BCUT2D eigenvalue weighted by molar-refractivity contribution is 7.99. The maximum atomic E-state index is 14.1. The van der Waals surface area contributed by atoms with Gasteiger partial charge in [0.25, 0.3) is 5.78 Å². The van der Waals surface area contributed by atoms with Gasteiger partial charge >= 0.3 is 12.1 Å². The molecule has 46 heavy (non-hydrogen) atoms. The predicted molar refractivity (Wildman–Crippen MR) is 174 cm³/mol. The maximum absolute atomic E-state index is 14.1. The first-order valence-corrected chi connectivity index (χ1v) is 16.1. The molecule has 1 N–H and O–H groups in total. The number of carbonyl (C=O) groups is 5. The number of rotatable bonds is 12. The van der Waals surface area contributed by atoms with E-state index in [1.54, 1.807) is 45.0 Å². The molecule has 242 valence electrons. The second-order valence-electron chi connectivity index (χ2n) is 11.3. The highest BCUT2D eigenvalue weighted by Gasteiger charge is 2.44. The number of ketones is 1. The Morgan fingerprint density at radius 2 is 1.43 bits per heavy atom. The number of ether oxygens (including phenoxy) is 2. The summed E-state index contributed by atoms with van der Waals surface area (Å²) in [6.07, 6.45) is -2.08. The summed E-state index contributed by atoms with van der Waals surface area (Å²) < 4.78 is 10.6. The number of carbonyl (C=O) groups excluding carboxylic acids is 5. The molecule has 1 fully saturated rings. The zero-order valence-electron chi connectivity index (χ0n) is 26.3. The molecule has 0 aromatic heterocycles. The molecule has 10 nitrogen and oxygen atoms in total. The van der Waals surface area contributed by atoms with Gasteiger partial charge in [-0.05, 0) is 43.9 Å². The van der Waals surface area contributed by atoms with Gasteiger partial charge in [0, 0.05) is 12.8 Å². The third kappa shape index (κ3) is 8.75. The second kappa shape index (κ2) is 16.1. The van der Waals surface area contributed by atoms with Gasteiger partial charge in [0.15, 0.2) is 0 Å². The van der Waals surface area contributed by atoms with Gasteiger partial charge in [0.05, 0.1) is 6.10 Å². The lowest BCUT2D eigenvalue weighted by atomic mass is 9.94. The Labute approximate surface area is 273 Å². The lowest BCUT2D eigenvalue weighted by Gasteiger charge is -2.35. The number of nitrogens with zero attached hydrogens (tertiary/aromatic N) is 2. The molecule has 0 aliphatic carbocycles. The van der Waals surface area contributed by atoms with Crippen LogP contribution >= 0.6 is 11.8 Å². The van der Waals surface area contributed by atoms with Gasteiger partial charge in [-0.3, -0.25) is 19.3 Å². The minimum atomic E-state index is -1.38. The van der Waals surface area contributed by atoms with E-state index < -0.39 is 59.3 Å². The zero-order chi connectivity index (χ0) is 33.2. The van der Waals surface area contributed by atoms with Crippen molar-refractivity contribution in [2.75, 3.05) is 12.8 Å². The molecule has 0 radical (unpaired) electrons. The standard InChI is InChI=1S/C35H39N3O7S/c1-23(2)45-34(42)30(39)28(20-25-14-8-5-9-15-25)31(40)36-29-22-46-33(27-18-12-7-13-19-27)38(29)32(41)24(3)37(4)35(43)44-21-26-16-10-6-11-17-26/h5-19,23-24,28-29,33H,20-22H2,1-4H3,(H,36,40)/t24-,28-,29+,33+/m0/s1. The van der Waals surface area contributed by atoms with Crippen LogP contribution in [0.5, 0.6) is 0 Å². The van der Waals surface area contributed by atoms with Crippen molar-refractivity contribution in [2.24, 2.45) is 5.92 Å². The fourth-order valence-electron chi connectivity index (χ4n) is 4.96. The molecular formula is C35H39N3O7S. The summed E-state index contributed by atoms with van der Waals surface area (Å²) in [7, 11) is 1.49. The molecule has 0 unspecified atom stereocenters. The van der Waals surface area contributed by atoms with Crippen LogP contribution < -0.4 is 5.32 Å². The van der Waals surface area contributed by atoms with Crippen LogP contribution in [0.2, 0.25) is 0 Å².